The van der Waals surface area contributed by atoms with Crippen LogP contribution in [0.1, 0.15) is 107 Å². The lowest BCUT2D eigenvalue weighted by atomic mass is 10.1. The van der Waals surface area contributed by atoms with Crippen molar-refractivity contribution < 1.29 is 117 Å². The van der Waals surface area contributed by atoms with E-state index in [1.54, 1.807) is 0 Å². The molecule has 0 aromatic heterocycles. The zero-order valence-corrected chi connectivity index (χ0v) is 37.5. The molecule has 10 nitrogen and oxygen atoms in total. The van der Waals surface area contributed by atoms with Crippen molar-refractivity contribution in [2.24, 2.45) is 0 Å². The number of carbonyl (C=O) groups is 6. The van der Waals surface area contributed by atoms with E-state index in [-0.39, 0.29) is 34.0 Å². The minimum atomic E-state index is -2.20. The Kier molecular flexibility index (Phi) is 37.2. The highest BCUT2D eigenvalue weighted by atomic mass is 79.9. The summed E-state index contributed by atoms with van der Waals surface area (Å²) in [5.74, 6) is -29.5. The molecule has 2 aliphatic rings. The van der Waals surface area contributed by atoms with Gasteiger partial charge in [-0.2, -0.15) is 35.1 Å². The maximum atomic E-state index is 12.1. The lowest BCUT2D eigenvalue weighted by molar-refractivity contribution is -0.928. The van der Waals surface area contributed by atoms with Gasteiger partial charge in [-0.3, -0.25) is 19.2 Å². The van der Waals surface area contributed by atoms with Crippen LogP contribution in [0.5, 0.6) is 0 Å². The molecular weight excluding hydrogens is 924 g/mol. The van der Waals surface area contributed by atoms with Crippen molar-refractivity contribution in [3.05, 3.63) is 46.6 Å². The molecule has 0 unspecified atom stereocenters. The van der Waals surface area contributed by atoms with E-state index < -0.39 is 81.7 Å². The number of allylic oxidation sites excluding steroid dienone is 8. The van der Waals surface area contributed by atoms with Crippen molar-refractivity contribution in [2.75, 3.05) is 52.4 Å². The quantitative estimate of drug-likeness (QED) is 0.104. The van der Waals surface area contributed by atoms with E-state index >= 15 is 0 Å². The molecule has 0 fully saturated rings. The molecule has 20 heteroatoms. The Morgan fingerprint density at radius 2 is 0.448 bits per heavy atom. The van der Waals surface area contributed by atoms with Gasteiger partial charge in [-0.05, 0) is 51.4 Å². The molecule has 2 rings (SSSR count). The second kappa shape index (κ2) is 33.7. The van der Waals surface area contributed by atoms with Crippen LogP contribution in [0, 0.1) is 0 Å². The first-order valence-corrected chi connectivity index (χ1v) is 18.6. The minimum Gasteiger partial charge on any atom is -1.00 e. The molecule has 0 saturated heterocycles. The van der Waals surface area contributed by atoms with Gasteiger partial charge in [0.2, 0.25) is 46.6 Å². The fourth-order valence-corrected chi connectivity index (χ4v) is 6.32. The highest BCUT2D eigenvalue weighted by molar-refractivity contribution is 6.27. The van der Waals surface area contributed by atoms with E-state index in [0.717, 1.165) is 0 Å². The van der Waals surface area contributed by atoms with Crippen LogP contribution >= 0.6 is 0 Å². The van der Waals surface area contributed by atoms with E-state index in [1.165, 1.54) is 113 Å². The second-order valence-corrected chi connectivity index (χ2v) is 12.9. The number of quaternary nitrogens is 2. The van der Waals surface area contributed by atoms with Crippen molar-refractivity contribution in [1.29, 1.82) is 0 Å². The van der Waals surface area contributed by atoms with Gasteiger partial charge in [-0.15, -0.1) is 0 Å². The van der Waals surface area contributed by atoms with E-state index in [0.29, 0.717) is 0 Å². The fraction of sp³-hybridized carbons (Fsp3) is 0.632. The van der Waals surface area contributed by atoms with Gasteiger partial charge >= 0.3 is 11.9 Å². The highest BCUT2D eigenvalue weighted by Gasteiger charge is 2.38. The van der Waals surface area contributed by atoms with Gasteiger partial charge in [0.25, 0.3) is 23.1 Å². The lowest BCUT2D eigenvalue weighted by Crippen LogP contribution is -3.00. The van der Waals surface area contributed by atoms with Gasteiger partial charge in [0.1, 0.15) is 0 Å². The van der Waals surface area contributed by atoms with E-state index in [2.05, 4.69) is 55.4 Å². The molecule has 0 radical (unpaired) electrons. The molecule has 0 amide bonds. The largest absolute Gasteiger partial charge is 1.00 e. The van der Waals surface area contributed by atoms with Crippen molar-refractivity contribution in [2.45, 2.75) is 107 Å². The minimum absolute atomic E-state index is 0. The van der Waals surface area contributed by atoms with E-state index in [1.807, 2.05) is 0 Å². The molecule has 0 spiro atoms. The zero-order valence-electron chi connectivity index (χ0n) is 34.3. The molecule has 2 N–H and O–H groups in total. The van der Waals surface area contributed by atoms with Crippen LogP contribution in [-0.2, 0) is 28.8 Å². The zero-order chi connectivity index (χ0) is 44.4. The van der Waals surface area contributed by atoms with Crippen molar-refractivity contribution in [1.82, 2.24) is 0 Å². The Morgan fingerprint density at radius 3 is 0.517 bits per heavy atom. The van der Waals surface area contributed by atoms with Gasteiger partial charge in [-0.25, -0.2) is 9.59 Å². The van der Waals surface area contributed by atoms with Crippen LogP contribution in [0.3, 0.4) is 0 Å². The second-order valence-electron chi connectivity index (χ2n) is 12.9. The first-order valence-electron chi connectivity index (χ1n) is 18.6. The molecule has 0 bridgehead atoms. The number of halogens is 10. The number of nitrogens with zero attached hydrogens (tertiary/aromatic N) is 2. The Morgan fingerprint density at radius 1 is 0.345 bits per heavy atom. The van der Waals surface area contributed by atoms with Gasteiger partial charge < -0.3 is 53.1 Å². The molecule has 2 aliphatic carbocycles. The van der Waals surface area contributed by atoms with Crippen molar-refractivity contribution in [3.8, 4) is 0 Å². The van der Waals surface area contributed by atoms with Crippen LogP contribution in [0.15, 0.2) is 46.6 Å². The van der Waals surface area contributed by atoms with Gasteiger partial charge in [0.15, 0.2) is 0 Å². The predicted octanol–water partition coefficient (Wildman–Crippen LogP) is 2.93. The molecular formula is C38H58Br2F8N2O8. The van der Waals surface area contributed by atoms with Gasteiger partial charge in [0, 0.05) is 0 Å². The fourth-order valence-electron chi connectivity index (χ4n) is 6.32. The number of hydrogen-bond donors (Lipinski definition) is 2. The van der Waals surface area contributed by atoms with E-state index in [4.69, 9.17) is 19.8 Å². The van der Waals surface area contributed by atoms with Crippen molar-refractivity contribution >= 4 is 35.1 Å². The maximum absolute atomic E-state index is 12.1. The summed E-state index contributed by atoms with van der Waals surface area (Å²) in [6, 6.07) is 0. The van der Waals surface area contributed by atoms with Crippen LogP contribution in [0.2, 0.25) is 0 Å². The standard InChI is InChI=1S/2C12H28N.2C6F4O2.C2H2O4.2BrH/c2*1-5-9-13(10-6-2,11-7-3)12-8-4;2*7-1-2(8)6(12)4(10)3(9)5(1)11;3-1(4)2(5)6;;/h2*5-12H2,1-4H3;;;(H,3,4)(H,5,6);2*1H/q2*+1;;;;;/p-2. The Bertz CT molecular complexity index is 1200. The summed E-state index contributed by atoms with van der Waals surface area (Å²) in [4.78, 5) is 59.0. The van der Waals surface area contributed by atoms with Gasteiger partial charge in [-0.1, -0.05) is 55.4 Å². The third-order valence-electron chi connectivity index (χ3n) is 8.13. The van der Waals surface area contributed by atoms with Crippen LogP contribution < -0.4 is 34.0 Å². The summed E-state index contributed by atoms with van der Waals surface area (Å²) >= 11 is 0. The number of carboxylic acids is 2. The average Bonchev–Trinajstić information content (AvgIpc) is 3.15. The SMILES string of the molecule is CCC[N+](CCC)(CCC)CCC.CCC[N+](CCC)(CCC)CCC.O=C(O)C(=O)O.O=C1C(F)=C(F)C(=O)C(F)=C1F.O=C1C(F)=C(F)C(=O)C(F)=C1F.[Br-].[Br-]. The summed E-state index contributed by atoms with van der Waals surface area (Å²) in [5, 5.41) is 14.8. The molecule has 0 heterocycles. The summed E-state index contributed by atoms with van der Waals surface area (Å²) in [6.45, 7) is 29.6. The normalized spacial score (nSPS) is 14.1. The monoisotopic (exact) mass is 980 g/mol. The van der Waals surface area contributed by atoms with Crippen LogP contribution in [0.25, 0.3) is 0 Å². The molecule has 338 valence electrons. The molecule has 58 heavy (non-hydrogen) atoms. The van der Waals surface area contributed by atoms with Crippen LogP contribution in [-0.4, -0.2) is 107 Å². The highest BCUT2D eigenvalue weighted by Crippen LogP contribution is 2.28. The number of ketones is 4. The van der Waals surface area contributed by atoms with Crippen molar-refractivity contribution in [3.63, 3.8) is 0 Å². The Hall–Kier alpha value is -3.10. The third kappa shape index (κ3) is 21.8. The molecule has 0 atom stereocenters. The number of hydrogen-bond acceptors (Lipinski definition) is 6. The third-order valence-corrected chi connectivity index (χ3v) is 8.13. The summed E-state index contributed by atoms with van der Waals surface area (Å²) in [6.07, 6.45) is 10.7. The molecule has 0 aromatic carbocycles. The predicted molar refractivity (Wildman–Crippen MR) is 194 cm³/mol. The van der Waals surface area contributed by atoms with Crippen LogP contribution in [0.4, 0.5) is 35.1 Å². The molecule has 0 aliphatic heterocycles. The maximum Gasteiger partial charge on any atom is 0.414 e. The Labute approximate surface area is 356 Å². The smallest absolute Gasteiger partial charge is 0.414 e. The molecule has 0 saturated carbocycles. The summed E-state index contributed by atoms with van der Waals surface area (Å²) in [5.41, 5.74) is 0. The topological polar surface area (TPSA) is 143 Å². The summed E-state index contributed by atoms with van der Waals surface area (Å²) in [7, 11) is 0. The first kappa shape index (κ1) is 64.1. The van der Waals surface area contributed by atoms with Gasteiger partial charge in [0.05, 0.1) is 52.4 Å². The number of aliphatic carboxylic acids is 2. The summed E-state index contributed by atoms with van der Waals surface area (Å²) < 4.78 is 99.9. The number of carbonyl (C=O) groups excluding carboxylic acids is 4. The van der Waals surface area contributed by atoms with E-state index in [9.17, 15) is 54.3 Å². The number of carboxylic acid groups (broad SMARTS) is 2. The average molecular weight is 983 g/mol. The Balaban J connectivity index is -0.000000203. The molecule has 0 aromatic rings. The first-order chi connectivity index (χ1) is 26.1. The number of rotatable bonds is 16. The number of Topliss-reactive ketones (excluding diaryl/α,β-unsaturated/α-hetero) is 4. The lowest BCUT2D eigenvalue weighted by Gasteiger charge is -2.38.